The highest BCUT2D eigenvalue weighted by atomic mass is 16.4. The maximum Gasteiger partial charge on any atom is 0.323 e. The van der Waals surface area contributed by atoms with Crippen molar-refractivity contribution >= 4 is 5.97 Å². The summed E-state index contributed by atoms with van der Waals surface area (Å²) in [6.07, 6.45) is 3.84. The number of nitrogens with zero attached hydrogens (tertiary/aromatic N) is 1. The fourth-order valence-corrected chi connectivity index (χ4v) is 2.02. The number of aliphatic carboxylic acids is 1. The molecular formula is C14H30N2O2. The van der Waals surface area contributed by atoms with Gasteiger partial charge in [0.05, 0.1) is 0 Å². The first-order chi connectivity index (χ1) is 8.50. The molecule has 2 N–H and O–H groups in total. The minimum Gasteiger partial charge on any atom is -0.480 e. The van der Waals surface area contributed by atoms with Crippen molar-refractivity contribution in [3.8, 4) is 0 Å². The second kappa shape index (κ2) is 9.34. The minimum absolute atomic E-state index is 0.655. The molecule has 0 fully saturated rings. The first-order valence-electron chi connectivity index (χ1n) is 7.20. The van der Waals surface area contributed by atoms with E-state index in [0.717, 1.165) is 45.4 Å². The van der Waals surface area contributed by atoms with Crippen molar-refractivity contribution < 1.29 is 9.90 Å². The van der Waals surface area contributed by atoms with Crippen LogP contribution in [0.3, 0.4) is 0 Å². The zero-order chi connectivity index (χ0) is 14.0. The van der Waals surface area contributed by atoms with Crippen LogP contribution in [0.2, 0.25) is 0 Å². The molecule has 4 nitrogen and oxygen atoms in total. The van der Waals surface area contributed by atoms with Gasteiger partial charge in [0, 0.05) is 6.54 Å². The van der Waals surface area contributed by atoms with E-state index in [-0.39, 0.29) is 0 Å². The summed E-state index contributed by atoms with van der Waals surface area (Å²) in [6, 6.07) is 0. The molecule has 4 heteroatoms. The van der Waals surface area contributed by atoms with E-state index in [2.05, 4.69) is 31.0 Å². The van der Waals surface area contributed by atoms with E-state index in [1.54, 1.807) is 6.92 Å². The summed E-state index contributed by atoms with van der Waals surface area (Å²) in [5, 5.41) is 12.5. The minimum atomic E-state index is -0.796. The highest BCUT2D eigenvalue weighted by Gasteiger charge is 2.32. The predicted molar refractivity (Wildman–Crippen MR) is 76.0 cm³/mol. The molecule has 0 radical (unpaired) electrons. The molecule has 0 aliphatic rings. The van der Waals surface area contributed by atoms with Crippen LogP contribution in [0.25, 0.3) is 0 Å². The molecule has 0 spiro atoms. The van der Waals surface area contributed by atoms with Gasteiger partial charge in [-0.15, -0.1) is 0 Å². The number of hydrogen-bond donors (Lipinski definition) is 2. The number of carbonyl (C=O) groups is 1. The third kappa shape index (κ3) is 6.36. The van der Waals surface area contributed by atoms with Crippen molar-refractivity contribution in [1.29, 1.82) is 0 Å². The van der Waals surface area contributed by atoms with Crippen LogP contribution >= 0.6 is 0 Å². The number of nitrogens with one attached hydrogen (secondary N) is 1. The molecule has 0 aliphatic heterocycles. The summed E-state index contributed by atoms with van der Waals surface area (Å²) in [5.41, 5.74) is -0.796. The predicted octanol–water partition coefficient (Wildman–Crippen LogP) is 2.34. The fraction of sp³-hybridized carbons (Fsp3) is 0.929. The maximum atomic E-state index is 11.4. The zero-order valence-electron chi connectivity index (χ0n) is 12.5. The van der Waals surface area contributed by atoms with Gasteiger partial charge in [-0.3, -0.25) is 4.79 Å². The van der Waals surface area contributed by atoms with E-state index in [1.807, 2.05) is 0 Å². The van der Waals surface area contributed by atoms with Crippen molar-refractivity contribution in [2.75, 3.05) is 26.2 Å². The molecule has 0 saturated heterocycles. The Balaban J connectivity index is 4.34. The van der Waals surface area contributed by atoms with Gasteiger partial charge in [-0.05, 0) is 52.2 Å². The Kier molecular flexibility index (Phi) is 9.02. The highest BCUT2D eigenvalue weighted by molar-refractivity contribution is 5.78. The quantitative estimate of drug-likeness (QED) is 0.597. The van der Waals surface area contributed by atoms with E-state index in [9.17, 15) is 9.90 Å². The van der Waals surface area contributed by atoms with Gasteiger partial charge in [-0.1, -0.05) is 20.8 Å². The third-order valence-electron chi connectivity index (χ3n) is 3.24. The van der Waals surface area contributed by atoms with E-state index in [0.29, 0.717) is 6.42 Å². The van der Waals surface area contributed by atoms with Gasteiger partial charge in [0.1, 0.15) is 5.54 Å². The lowest BCUT2D eigenvalue weighted by atomic mass is 9.97. The van der Waals surface area contributed by atoms with Gasteiger partial charge in [-0.25, -0.2) is 0 Å². The number of carboxylic acid groups (broad SMARTS) is 1. The topological polar surface area (TPSA) is 52.6 Å². The first-order valence-corrected chi connectivity index (χ1v) is 7.20. The number of hydrogen-bond acceptors (Lipinski definition) is 3. The number of rotatable bonds is 11. The lowest BCUT2D eigenvalue weighted by molar-refractivity contribution is -0.144. The van der Waals surface area contributed by atoms with Crippen molar-refractivity contribution in [2.45, 2.75) is 58.9 Å². The highest BCUT2D eigenvalue weighted by Crippen LogP contribution is 2.12. The molecule has 0 bridgehead atoms. The first kappa shape index (κ1) is 17.4. The Bertz CT molecular complexity index is 228. The largest absolute Gasteiger partial charge is 0.480 e. The molecule has 0 aromatic carbocycles. The molecule has 0 heterocycles. The van der Waals surface area contributed by atoms with Crippen molar-refractivity contribution in [2.24, 2.45) is 0 Å². The molecule has 18 heavy (non-hydrogen) atoms. The molecule has 0 rings (SSSR count). The van der Waals surface area contributed by atoms with Crippen LogP contribution in [-0.4, -0.2) is 47.7 Å². The summed E-state index contributed by atoms with van der Waals surface area (Å²) in [5.74, 6) is -0.746. The molecule has 0 amide bonds. The Morgan fingerprint density at radius 1 is 1.11 bits per heavy atom. The second-order valence-corrected chi connectivity index (χ2v) is 5.16. The van der Waals surface area contributed by atoms with Gasteiger partial charge in [0.2, 0.25) is 0 Å². The zero-order valence-corrected chi connectivity index (χ0v) is 12.5. The molecular weight excluding hydrogens is 228 g/mol. The molecule has 0 aromatic heterocycles. The third-order valence-corrected chi connectivity index (χ3v) is 3.24. The SMILES string of the molecule is CCCNC(C)(CCN(CCC)CCC)C(=O)O. The summed E-state index contributed by atoms with van der Waals surface area (Å²) in [6.45, 7) is 11.9. The van der Waals surface area contributed by atoms with Gasteiger partial charge < -0.3 is 15.3 Å². The molecule has 1 atom stereocenters. The maximum absolute atomic E-state index is 11.4. The summed E-state index contributed by atoms with van der Waals surface area (Å²) in [7, 11) is 0. The average molecular weight is 258 g/mol. The Hall–Kier alpha value is -0.610. The van der Waals surface area contributed by atoms with E-state index < -0.39 is 11.5 Å². The lowest BCUT2D eigenvalue weighted by Gasteiger charge is -2.30. The van der Waals surface area contributed by atoms with Gasteiger partial charge in [0.15, 0.2) is 0 Å². The monoisotopic (exact) mass is 258 g/mol. The standard InChI is InChI=1S/C14H30N2O2/c1-5-9-15-14(4,13(17)18)8-12-16(10-6-2)11-7-3/h15H,5-12H2,1-4H3,(H,17,18). The second-order valence-electron chi connectivity index (χ2n) is 5.16. The summed E-state index contributed by atoms with van der Waals surface area (Å²) in [4.78, 5) is 13.7. The van der Waals surface area contributed by atoms with Crippen LogP contribution in [0, 0.1) is 0 Å². The summed E-state index contributed by atoms with van der Waals surface area (Å²) >= 11 is 0. The smallest absolute Gasteiger partial charge is 0.323 e. The molecule has 0 aliphatic carbocycles. The van der Waals surface area contributed by atoms with Crippen LogP contribution < -0.4 is 5.32 Å². The van der Waals surface area contributed by atoms with Crippen LogP contribution in [0.15, 0.2) is 0 Å². The van der Waals surface area contributed by atoms with Crippen molar-refractivity contribution in [3.63, 3.8) is 0 Å². The lowest BCUT2D eigenvalue weighted by Crippen LogP contribution is -2.51. The Morgan fingerprint density at radius 2 is 1.67 bits per heavy atom. The molecule has 0 saturated carbocycles. The molecule has 1 unspecified atom stereocenters. The van der Waals surface area contributed by atoms with Crippen molar-refractivity contribution in [3.05, 3.63) is 0 Å². The number of carboxylic acids is 1. The van der Waals surface area contributed by atoms with Crippen LogP contribution in [0.5, 0.6) is 0 Å². The van der Waals surface area contributed by atoms with Crippen LogP contribution in [0.4, 0.5) is 0 Å². The van der Waals surface area contributed by atoms with Gasteiger partial charge >= 0.3 is 5.97 Å². The van der Waals surface area contributed by atoms with Gasteiger partial charge in [-0.2, -0.15) is 0 Å². The van der Waals surface area contributed by atoms with E-state index in [1.165, 1.54) is 0 Å². The van der Waals surface area contributed by atoms with Crippen molar-refractivity contribution in [1.82, 2.24) is 10.2 Å². The van der Waals surface area contributed by atoms with Gasteiger partial charge in [0.25, 0.3) is 0 Å². The van der Waals surface area contributed by atoms with E-state index in [4.69, 9.17) is 0 Å². The fourth-order valence-electron chi connectivity index (χ4n) is 2.02. The Morgan fingerprint density at radius 3 is 2.06 bits per heavy atom. The van der Waals surface area contributed by atoms with Crippen LogP contribution in [-0.2, 0) is 4.79 Å². The van der Waals surface area contributed by atoms with Crippen LogP contribution in [0.1, 0.15) is 53.4 Å². The molecule has 108 valence electrons. The molecule has 0 aromatic rings. The normalized spacial score (nSPS) is 14.7. The summed E-state index contributed by atoms with van der Waals surface area (Å²) < 4.78 is 0. The Labute approximate surface area is 112 Å². The average Bonchev–Trinajstić information content (AvgIpc) is 2.34. The van der Waals surface area contributed by atoms with E-state index >= 15 is 0 Å².